The highest BCUT2D eigenvalue weighted by atomic mass is 127. The Bertz CT molecular complexity index is 86.5. The van der Waals surface area contributed by atoms with Gasteiger partial charge in [0.1, 0.15) is 0 Å². The maximum atomic E-state index is 3.88. The molecule has 0 aliphatic heterocycles. The topological polar surface area (TPSA) is 12.4 Å². The predicted molar refractivity (Wildman–Crippen MR) is 44.5 cm³/mol. The second kappa shape index (κ2) is 3.43. The molecule has 0 unspecified atom stereocenters. The smallest absolute Gasteiger partial charge is 0.0827 e. The summed E-state index contributed by atoms with van der Waals surface area (Å²) in [7, 11) is 0. The van der Waals surface area contributed by atoms with Gasteiger partial charge >= 0.3 is 0 Å². The highest BCUT2D eigenvalue weighted by Crippen LogP contribution is 2.32. The predicted octanol–water partition coefficient (Wildman–Crippen LogP) is 2.60. The zero-order chi connectivity index (χ0) is 5.82. The van der Waals surface area contributed by atoms with Gasteiger partial charge in [-0.25, -0.2) is 3.21 Å². The number of rotatable bonds is 3. The molecule has 1 rings (SSSR count). The molecule has 46 valence electrons. The molecular weight excluding hydrogens is 213 g/mol. The van der Waals surface area contributed by atoms with Crippen molar-refractivity contribution in [2.24, 2.45) is 9.12 Å². The molecule has 1 nitrogen and oxygen atoms in total. The Morgan fingerprint density at radius 3 is 2.88 bits per heavy atom. The van der Waals surface area contributed by atoms with Gasteiger partial charge in [0, 0.05) is 6.21 Å². The molecule has 0 aromatic rings. The first-order valence-corrected chi connectivity index (χ1v) is 4.03. The molecular formula is C6H10IN. The van der Waals surface area contributed by atoms with Crippen LogP contribution in [0.1, 0.15) is 25.7 Å². The van der Waals surface area contributed by atoms with E-state index in [1.54, 1.807) is 0 Å². The number of nitrogens with zero attached hydrogens (tertiary/aromatic N) is 1. The Morgan fingerprint density at radius 1 is 1.62 bits per heavy atom. The lowest BCUT2D eigenvalue weighted by Gasteiger charge is -1.85. The van der Waals surface area contributed by atoms with Gasteiger partial charge in [-0.2, -0.15) is 0 Å². The summed E-state index contributed by atoms with van der Waals surface area (Å²) in [5.74, 6) is 1.06. The van der Waals surface area contributed by atoms with Gasteiger partial charge in [0.25, 0.3) is 0 Å². The molecule has 0 N–H and O–H groups in total. The van der Waals surface area contributed by atoms with Gasteiger partial charge in [-0.1, -0.05) is 12.8 Å². The highest BCUT2D eigenvalue weighted by molar-refractivity contribution is 14.1. The van der Waals surface area contributed by atoms with E-state index in [1.807, 2.05) is 29.1 Å². The lowest BCUT2D eigenvalue weighted by atomic mass is 10.2. The molecule has 0 atom stereocenters. The zero-order valence-electron chi connectivity index (χ0n) is 4.81. The van der Waals surface area contributed by atoms with Crippen molar-refractivity contribution in [3.05, 3.63) is 0 Å². The third-order valence-electron chi connectivity index (χ3n) is 1.47. The summed E-state index contributed by atoms with van der Waals surface area (Å²) >= 11 is 2.02. The number of hydrogen-bond acceptors (Lipinski definition) is 1. The van der Waals surface area contributed by atoms with Crippen molar-refractivity contribution < 1.29 is 0 Å². The fourth-order valence-electron chi connectivity index (χ4n) is 0.766. The number of hydrogen-bond donors (Lipinski definition) is 0. The van der Waals surface area contributed by atoms with E-state index in [2.05, 4.69) is 3.21 Å². The summed E-state index contributed by atoms with van der Waals surface area (Å²) in [5.41, 5.74) is 0. The third-order valence-corrected chi connectivity index (χ3v) is 1.86. The Morgan fingerprint density at radius 2 is 2.38 bits per heavy atom. The molecule has 1 aliphatic rings. The van der Waals surface area contributed by atoms with Crippen molar-refractivity contribution in [2.45, 2.75) is 25.7 Å². The fraction of sp³-hybridized carbons (Fsp3) is 0.833. The average Bonchev–Trinajstić information content (AvgIpc) is 2.51. The molecule has 1 fully saturated rings. The largest absolute Gasteiger partial charge is 0.228 e. The second-order valence-electron chi connectivity index (χ2n) is 2.30. The van der Waals surface area contributed by atoms with Crippen LogP contribution in [0.5, 0.6) is 0 Å². The van der Waals surface area contributed by atoms with Crippen molar-refractivity contribution >= 4 is 29.1 Å². The molecule has 0 radical (unpaired) electrons. The summed E-state index contributed by atoms with van der Waals surface area (Å²) in [6.07, 6.45) is 7.49. The Kier molecular flexibility index (Phi) is 2.80. The van der Waals surface area contributed by atoms with Crippen LogP contribution in [-0.2, 0) is 0 Å². The summed E-state index contributed by atoms with van der Waals surface area (Å²) in [6.45, 7) is 0. The summed E-state index contributed by atoms with van der Waals surface area (Å²) < 4.78 is 3.88. The minimum Gasteiger partial charge on any atom is -0.228 e. The van der Waals surface area contributed by atoms with E-state index < -0.39 is 0 Å². The Balaban J connectivity index is 1.88. The van der Waals surface area contributed by atoms with Gasteiger partial charge in [0.05, 0.1) is 22.9 Å². The van der Waals surface area contributed by atoms with E-state index in [0.29, 0.717) is 0 Å². The molecule has 0 heterocycles. The molecule has 0 spiro atoms. The van der Waals surface area contributed by atoms with Gasteiger partial charge in [0.15, 0.2) is 0 Å². The van der Waals surface area contributed by atoms with Crippen molar-refractivity contribution in [1.82, 2.24) is 0 Å². The molecule has 0 saturated heterocycles. The second-order valence-corrected chi connectivity index (χ2v) is 2.86. The molecule has 0 amide bonds. The van der Waals surface area contributed by atoms with Crippen LogP contribution in [0.2, 0.25) is 0 Å². The van der Waals surface area contributed by atoms with E-state index in [4.69, 9.17) is 0 Å². The summed E-state index contributed by atoms with van der Waals surface area (Å²) in [4.78, 5) is 0. The first-order chi connectivity index (χ1) is 3.93. The summed E-state index contributed by atoms with van der Waals surface area (Å²) in [6, 6.07) is 0. The maximum absolute atomic E-state index is 3.88. The van der Waals surface area contributed by atoms with Crippen LogP contribution in [0.4, 0.5) is 0 Å². The van der Waals surface area contributed by atoms with Crippen LogP contribution in [-0.4, -0.2) is 6.21 Å². The van der Waals surface area contributed by atoms with Crippen LogP contribution in [0.25, 0.3) is 0 Å². The fourth-order valence-corrected chi connectivity index (χ4v) is 1.04. The quantitative estimate of drug-likeness (QED) is 0.515. The molecule has 1 aliphatic carbocycles. The molecule has 0 aromatic carbocycles. The van der Waals surface area contributed by atoms with E-state index in [9.17, 15) is 0 Å². The van der Waals surface area contributed by atoms with Crippen molar-refractivity contribution in [3.8, 4) is 0 Å². The molecule has 2 heteroatoms. The van der Waals surface area contributed by atoms with E-state index >= 15 is 0 Å². The average molecular weight is 223 g/mol. The van der Waals surface area contributed by atoms with Gasteiger partial charge in [-0.3, -0.25) is 0 Å². The maximum Gasteiger partial charge on any atom is 0.0827 e. The normalized spacial score (nSPS) is 20.1. The van der Waals surface area contributed by atoms with Crippen molar-refractivity contribution in [2.75, 3.05) is 0 Å². The number of halogens is 1. The third kappa shape index (κ3) is 2.64. The van der Waals surface area contributed by atoms with Crippen LogP contribution in [0.3, 0.4) is 0 Å². The Hall–Kier alpha value is 0.400. The van der Waals surface area contributed by atoms with E-state index in [1.165, 1.54) is 25.7 Å². The Labute approximate surface area is 64.1 Å². The van der Waals surface area contributed by atoms with Crippen LogP contribution in [0, 0.1) is 5.92 Å². The lowest BCUT2D eigenvalue weighted by Crippen LogP contribution is -1.76. The van der Waals surface area contributed by atoms with Crippen LogP contribution >= 0.6 is 22.9 Å². The minimum absolute atomic E-state index is 1.06. The van der Waals surface area contributed by atoms with E-state index in [0.717, 1.165) is 5.92 Å². The summed E-state index contributed by atoms with van der Waals surface area (Å²) in [5, 5.41) is 0. The van der Waals surface area contributed by atoms with Gasteiger partial charge in [-0.15, -0.1) is 0 Å². The van der Waals surface area contributed by atoms with Gasteiger partial charge in [-0.05, 0) is 18.8 Å². The van der Waals surface area contributed by atoms with Crippen molar-refractivity contribution in [1.29, 1.82) is 0 Å². The molecule has 8 heavy (non-hydrogen) atoms. The van der Waals surface area contributed by atoms with Crippen LogP contribution < -0.4 is 0 Å². The standard InChI is InChI=1S/C6H10IN/c7-8-5-1-2-6-3-4-6/h5-6H,1-4H2. The first-order valence-electron chi connectivity index (χ1n) is 3.06. The molecule has 0 aromatic heterocycles. The zero-order valence-corrected chi connectivity index (χ0v) is 6.97. The van der Waals surface area contributed by atoms with Crippen molar-refractivity contribution in [3.63, 3.8) is 0 Å². The lowest BCUT2D eigenvalue weighted by molar-refractivity contribution is 0.765. The minimum atomic E-state index is 1.06. The first kappa shape index (κ1) is 6.52. The SMILES string of the molecule is IN=CCCC1CC1. The highest BCUT2D eigenvalue weighted by Gasteiger charge is 2.19. The van der Waals surface area contributed by atoms with Gasteiger partial charge < -0.3 is 0 Å². The molecule has 1 saturated carbocycles. The molecule has 0 bridgehead atoms. The monoisotopic (exact) mass is 223 g/mol. The van der Waals surface area contributed by atoms with E-state index in [-0.39, 0.29) is 0 Å². The van der Waals surface area contributed by atoms with Gasteiger partial charge in [0.2, 0.25) is 0 Å². The van der Waals surface area contributed by atoms with Crippen LogP contribution in [0.15, 0.2) is 3.21 Å².